The van der Waals surface area contributed by atoms with E-state index in [1.807, 2.05) is 0 Å². The third-order valence-corrected chi connectivity index (χ3v) is 1.93. The molecule has 1 fully saturated rings. The molecular weight excluding hydrogens is 156 g/mol. The molecule has 1 aliphatic heterocycles. The van der Waals surface area contributed by atoms with E-state index in [0.717, 1.165) is 19.4 Å². The van der Waals surface area contributed by atoms with Crippen LogP contribution in [0.25, 0.3) is 0 Å². The summed E-state index contributed by atoms with van der Waals surface area (Å²) in [6.45, 7) is 0.767. The third-order valence-electron chi connectivity index (χ3n) is 1.93. The Hall–Kier alpha value is -1.16. The highest BCUT2D eigenvalue weighted by Gasteiger charge is 2.19. The summed E-state index contributed by atoms with van der Waals surface area (Å²) >= 11 is 0. The van der Waals surface area contributed by atoms with Crippen LogP contribution in [0.15, 0.2) is 17.1 Å². The number of rotatable bonds is 1. The zero-order chi connectivity index (χ0) is 8.39. The SMILES string of the molecule is O=c1ccnc(C2CCCO2)[nH]1. The van der Waals surface area contributed by atoms with Crippen molar-refractivity contribution in [2.45, 2.75) is 18.9 Å². The van der Waals surface area contributed by atoms with E-state index in [2.05, 4.69) is 9.97 Å². The molecule has 1 N–H and O–H groups in total. The standard InChI is InChI=1S/C8H10N2O2/c11-7-3-4-9-8(10-7)6-2-1-5-12-6/h3-4,6H,1-2,5H2,(H,9,10,11). The van der Waals surface area contributed by atoms with Gasteiger partial charge in [-0.25, -0.2) is 4.98 Å². The van der Waals surface area contributed by atoms with Gasteiger partial charge < -0.3 is 9.72 Å². The highest BCUT2D eigenvalue weighted by atomic mass is 16.5. The molecule has 0 radical (unpaired) electrons. The largest absolute Gasteiger partial charge is 0.370 e. The fourth-order valence-electron chi connectivity index (χ4n) is 1.34. The molecule has 1 atom stereocenters. The van der Waals surface area contributed by atoms with E-state index in [1.165, 1.54) is 12.3 Å². The molecule has 0 bridgehead atoms. The van der Waals surface area contributed by atoms with Gasteiger partial charge in [-0.05, 0) is 12.8 Å². The highest BCUT2D eigenvalue weighted by Crippen LogP contribution is 2.24. The maximum absolute atomic E-state index is 10.9. The second kappa shape index (κ2) is 3.06. The van der Waals surface area contributed by atoms with Gasteiger partial charge >= 0.3 is 0 Å². The number of nitrogens with one attached hydrogen (secondary N) is 1. The van der Waals surface area contributed by atoms with Gasteiger partial charge in [0, 0.05) is 18.9 Å². The van der Waals surface area contributed by atoms with Gasteiger partial charge in [-0.15, -0.1) is 0 Å². The van der Waals surface area contributed by atoms with Gasteiger partial charge in [-0.3, -0.25) is 4.79 Å². The number of nitrogens with zero attached hydrogens (tertiary/aromatic N) is 1. The van der Waals surface area contributed by atoms with Crippen molar-refractivity contribution in [3.63, 3.8) is 0 Å². The average molecular weight is 166 g/mol. The minimum atomic E-state index is -0.115. The number of aromatic amines is 1. The smallest absolute Gasteiger partial charge is 0.250 e. The van der Waals surface area contributed by atoms with E-state index in [0.29, 0.717) is 5.82 Å². The van der Waals surface area contributed by atoms with Crippen LogP contribution in [0.4, 0.5) is 0 Å². The summed E-state index contributed by atoms with van der Waals surface area (Å²) in [5, 5.41) is 0. The van der Waals surface area contributed by atoms with E-state index in [9.17, 15) is 4.79 Å². The first-order valence-electron chi connectivity index (χ1n) is 4.03. The van der Waals surface area contributed by atoms with Crippen LogP contribution in [0.1, 0.15) is 24.8 Å². The zero-order valence-electron chi connectivity index (χ0n) is 6.62. The number of hydrogen-bond acceptors (Lipinski definition) is 3. The van der Waals surface area contributed by atoms with Gasteiger partial charge in [0.05, 0.1) is 0 Å². The van der Waals surface area contributed by atoms with Crippen LogP contribution in [-0.4, -0.2) is 16.6 Å². The van der Waals surface area contributed by atoms with Crippen molar-refractivity contribution in [1.29, 1.82) is 0 Å². The number of ether oxygens (including phenoxy) is 1. The van der Waals surface area contributed by atoms with Crippen molar-refractivity contribution in [2.75, 3.05) is 6.61 Å². The first kappa shape index (κ1) is 7.49. The molecular formula is C8H10N2O2. The van der Waals surface area contributed by atoms with Crippen LogP contribution in [0.2, 0.25) is 0 Å². The van der Waals surface area contributed by atoms with Crippen LogP contribution >= 0.6 is 0 Å². The fraction of sp³-hybridized carbons (Fsp3) is 0.500. The molecule has 1 saturated heterocycles. The maximum atomic E-state index is 10.9. The second-order valence-electron chi connectivity index (χ2n) is 2.82. The quantitative estimate of drug-likeness (QED) is 0.665. The third kappa shape index (κ3) is 1.38. The van der Waals surface area contributed by atoms with Crippen LogP contribution in [-0.2, 0) is 4.74 Å². The topological polar surface area (TPSA) is 55.0 Å². The predicted octanol–water partition coefficient (Wildman–Crippen LogP) is 0.621. The molecule has 0 spiro atoms. The van der Waals surface area contributed by atoms with E-state index in [4.69, 9.17) is 4.74 Å². The molecule has 0 aromatic carbocycles. The molecule has 1 aromatic rings. The molecule has 0 aliphatic carbocycles. The minimum Gasteiger partial charge on any atom is -0.370 e. The molecule has 0 amide bonds. The summed E-state index contributed by atoms with van der Waals surface area (Å²) in [6, 6.07) is 1.40. The molecule has 64 valence electrons. The molecule has 12 heavy (non-hydrogen) atoms. The van der Waals surface area contributed by atoms with Crippen LogP contribution < -0.4 is 5.56 Å². The van der Waals surface area contributed by atoms with E-state index in [-0.39, 0.29) is 11.7 Å². The van der Waals surface area contributed by atoms with Gasteiger partial charge in [0.25, 0.3) is 5.56 Å². The summed E-state index contributed by atoms with van der Waals surface area (Å²) in [5.41, 5.74) is -0.115. The lowest BCUT2D eigenvalue weighted by molar-refractivity contribution is 0.105. The molecule has 2 rings (SSSR count). The lowest BCUT2D eigenvalue weighted by atomic mass is 10.2. The first-order chi connectivity index (χ1) is 5.86. The minimum absolute atomic E-state index is 0.00102. The van der Waals surface area contributed by atoms with Gasteiger partial charge in [0.1, 0.15) is 11.9 Å². The summed E-state index contributed by atoms with van der Waals surface area (Å²) in [4.78, 5) is 17.6. The average Bonchev–Trinajstić information content (AvgIpc) is 2.56. The highest BCUT2D eigenvalue weighted by molar-refractivity contribution is 4.94. The number of hydrogen-bond donors (Lipinski definition) is 1. The molecule has 1 aliphatic rings. The predicted molar refractivity (Wildman–Crippen MR) is 42.8 cm³/mol. The van der Waals surface area contributed by atoms with Crippen molar-refractivity contribution in [3.8, 4) is 0 Å². The summed E-state index contributed by atoms with van der Waals surface area (Å²) < 4.78 is 5.36. The molecule has 1 aromatic heterocycles. The van der Waals surface area contributed by atoms with Crippen LogP contribution in [0.3, 0.4) is 0 Å². The van der Waals surface area contributed by atoms with Crippen molar-refractivity contribution in [2.24, 2.45) is 0 Å². The Balaban J connectivity index is 2.27. The van der Waals surface area contributed by atoms with E-state index >= 15 is 0 Å². The van der Waals surface area contributed by atoms with Gasteiger partial charge in [-0.1, -0.05) is 0 Å². The monoisotopic (exact) mass is 166 g/mol. The van der Waals surface area contributed by atoms with E-state index in [1.54, 1.807) is 0 Å². The zero-order valence-corrected chi connectivity index (χ0v) is 6.62. The van der Waals surface area contributed by atoms with Crippen LogP contribution in [0.5, 0.6) is 0 Å². The molecule has 2 heterocycles. The summed E-state index contributed by atoms with van der Waals surface area (Å²) in [6.07, 6.45) is 3.51. The normalized spacial score (nSPS) is 22.8. The maximum Gasteiger partial charge on any atom is 0.250 e. The Morgan fingerprint density at radius 1 is 1.67 bits per heavy atom. The van der Waals surface area contributed by atoms with Crippen molar-refractivity contribution in [3.05, 3.63) is 28.4 Å². The summed E-state index contributed by atoms with van der Waals surface area (Å²) in [7, 11) is 0. The lowest BCUT2D eigenvalue weighted by Crippen LogP contribution is -2.11. The van der Waals surface area contributed by atoms with Crippen molar-refractivity contribution < 1.29 is 4.74 Å². The first-order valence-corrected chi connectivity index (χ1v) is 4.03. The van der Waals surface area contributed by atoms with Crippen molar-refractivity contribution in [1.82, 2.24) is 9.97 Å². The molecule has 1 unspecified atom stereocenters. The number of aromatic nitrogens is 2. The van der Waals surface area contributed by atoms with Gasteiger partial charge in [-0.2, -0.15) is 0 Å². The Kier molecular flexibility index (Phi) is 1.91. The molecule has 4 heteroatoms. The van der Waals surface area contributed by atoms with Crippen LogP contribution in [0, 0.1) is 0 Å². The fourth-order valence-corrected chi connectivity index (χ4v) is 1.34. The Morgan fingerprint density at radius 2 is 2.58 bits per heavy atom. The Morgan fingerprint density at radius 3 is 3.25 bits per heavy atom. The summed E-state index contributed by atoms with van der Waals surface area (Å²) in [5.74, 6) is 0.653. The Bertz CT molecular complexity index is 315. The van der Waals surface area contributed by atoms with Gasteiger partial charge in [0.2, 0.25) is 0 Å². The van der Waals surface area contributed by atoms with Gasteiger partial charge in [0.15, 0.2) is 0 Å². The van der Waals surface area contributed by atoms with E-state index < -0.39 is 0 Å². The lowest BCUT2D eigenvalue weighted by Gasteiger charge is -2.06. The molecule has 0 saturated carbocycles. The molecule has 4 nitrogen and oxygen atoms in total. The van der Waals surface area contributed by atoms with Crippen molar-refractivity contribution >= 4 is 0 Å². The number of H-pyrrole nitrogens is 1. The Labute approximate surface area is 69.6 Å². The second-order valence-corrected chi connectivity index (χ2v) is 2.82.